The van der Waals surface area contributed by atoms with Crippen molar-refractivity contribution in [2.24, 2.45) is 0 Å². The molecule has 1 fully saturated rings. The van der Waals surface area contributed by atoms with Crippen LogP contribution in [0, 0.1) is 0 Å². The van der Waals surface area contributed by atoms with Crippen molar-refractivity contribution < 1.29 is 23.9 Å². The highest BCUT2D eigenvalue weighted by molar-refractivity contribution is 9.10. The fourth-order valence-electron chi connectivity index (χ4n) is 3.57. The van der Waals surface area contributed by atoms with Gasteiger partial charge in [-0.25, -0.2) is 0 Å². The molecule has 1 saturated heterocycles. The van der Waals surface area contributed by atoms with E-state index in [9.17, 15) is 14.4 Å². The van der Waals surface area contributed by atoms with Crippen LogP contribution >= 0.6 is 50.9 Å². The number of hydrogen-bond acceptors (Lipinski definition) is 6. The minimum Gasteiger partial charge on any atom is -0.490 e. The number of imide groups is 1. The molecule has 1 heterocycles. The number of hydrogen-bond donors (Lipinski definition) is 1. The van der Waals surface area contributed by atoms with Gasteiger partial charge >= 0.3 is 0 Å². The maximum absolute atomic E-state index is 13.0. The third kappa shape index (κ3) is 6.91. The van der Waals surface area contributed by atoms with Crippen LogP contribution in [0.15, 0.2) is 70.0 Å². The molecule has 196 valence electrons. The average Bonchev–Trinajstić information content (AvgIpc) is 3.12. The first-order valence-corrected chi connectivity index (χ1v) is 13.7. The lowest BCUT2D eigenvalue weighted by molar-refractivity contribution is -0.123. The monoisotopic (exact) mass is 634 g/mol. The largest absolute Gasteiger partial charge is 0.490 e. The number of anilines is 1. The summed E-state index contributed by atoms with van der Waals surface area (Å²) in [6.45, 7) is 2.00. The lowest BCUT2D eigenvalue weighted by atomic mass is 10.1. The van der Waals surface area contributed by atoms with Crippen LogP contribution in [0.3, 0.4) is 0 Å². The van der Waals surface area contributed by atoms with E-state index in [1.54, 1.807) is 66.7 Å². The van der Waals surface area contributed by atoms with Crippen LogP contribution in [0.25, 0.3) is 6.08 Å². The van der Waals surface area contributed by atoms with E-state index < -0.39 is 11.8 Å². The van der Waals surface area contributed by atoms with Crippen LogP contribution in [0.1, 0.15) is 18.1 Å². The highest BCUT2D eigenvalue weighted by atomic mass is 79.9. The number of rotatable bonds is 9. The minimum atomic E-state index is -0.398. The first-order chi connectivity index (χ1) is 18.2. The molecular weight excluding hydrogens is 615 g/mol. The van der Waals surface area contributed by atoms with Gasteiger partial charge in [-0.2, -0.15) is 0 Å². The summed E-state index contributed by atoms with van der Waals surface area (Å²) in [6, 6.07) is 17.3. The standard InChI is InChI=1S/C27H21BrCl2N2O5S/c1-2-36-22-12-17(11-19(28)25(22)37-15-24(33)31-21-9-4-3-8-20(21)30)13-23-26(34)32(27(35)38-23)14-16-6-5-7-18(29)10-16/h3-13H,2,14-15H2,1H3,(H,31,33)/b23-13-. The van der Waals surface area contributed by atoms with E-state index in [2.05, 4.69) is 21.2 Å². The van der Waals surface area contributed by atoms with Crippen LogP contribution in [-0.4, -0.2) is 35.2 Å². The minimum absolute atomic E-state index is 0.124. The number of halogens is 3. The van der Waals surface area contributed by atoms with Crippen molar-refractivity contribution in [1.29, 1.82) is 0 Å². The van der Waals surface area contributed by atoms with Gasteiger partial charge in [0.05, 0.1) is 33.2 Å². The average molecular weight is 636 g/mol. The van der Waals surface area contributed by atoms with Gasteiger partial charge in [0.25, 0.3) is 17.1 Å². The second-order valence-electron chi connectivity index (χ2n) is 7.98. The highest BCUT2D eigenvalue weighted by Gasteiger charge is 2.35. The number of nitrogens with zero attached hydrogens (tertiary/aromatic N) is 1. The molecule has 0 atom stereocenters. The lowest BCUT2D eigenvalue weighted by Gasteiger charge is -2.15. The van der Waals surface area contributed by atoms with E-state index >= 15 is 0 Å². The first kappa shape index (κ1) is 28.0. The zero-order chi connectivity index (χ0) is 27.2. The molecule has 3 amide bonds. The molecule has 38 heavy (non-hydrogen) atoms. The molecule has 0 aliphatic carbocycles. The Morgan fingerprint density at radius 2 is 1.87 bits per heavy atom. The van der Waals surface area contributed by atoms with Crippen LogP contribution in [0.5, 0.6) is 11.5 Å². The zero-order valence-electron chi connectivity index (χ0n) is 20.0. The molecule has 0 bridgehead atoms. The van der Waals surface area contributed by atoms with Crippen molar-refractivity contribution in [2.75, 3.05) is 18.5 Å². The SMILES string of the molecule is CCOc1cc(/C=C2\SC(=O)N(Cc3cccc(Cl)c3)C2=O)cc(Br)c1OCC(=O)Nc1ccccc1Cl. The van der Waals surface area contributed by atoms with Gasteiger partial charge in [0.15, 0.2) is 18.1 Å². The Kier molecular flexibility index (Phi) is 9.38. The molecule has 4 rings (SSSR count). The van der Waals surface area contributed by atoms with Gasteiger partial charge in [0.1, 0.15) is 0 Å². The lowest BCUT2D eigenvalue weighted by Crippen LogP contribution is -2.27. The van der Waals surface area contributed by atoms with Gasteiger partial charge in [-0.15, -0.1) is 0 Å². The number of para-hydroxylation sites is 1. The molecule has 7 nitrogen and oxygen atoms in total. The number of amides is 3. The van der Waals surface area contributed by atoms with E-state index in [1.165, 1.54) is 4.90 Å². The van der Waals surface area contributed by atoms with Crippen LogP contribution in [0.2, 0.25) is 10.0 Å². The summed E-state index contributed by atoms with van der Waals surface area (Å²) in [5.41, 5.74) is 1.84. The van der Waals surface area contributed by atoms with Crippen molar-refractivity contribution in [3.63, 3.8) is 0 Å². The third-order valence-corrected chi connectivity index (χ3v) is 7.29. The van der Waals surface area contributed by atoms with Gasteiger partial charge in [0, 0.05) is 5.02 Å². The van der Waals surface area contributed by atoms with E-state index in [0.29, 0.717) is 43.9 Å². The number of benzene rings is 3. The Balaban J connectivity index is 1.50. The molecule has 0 spiro atoms. The molecule has 0 unspecified atom stereocenters. The van der Waals surface area contributed by atoms with Gasteiger partial charge in [-0.1, -0.05) is 47.5 Å². The zero-order valence-corrected chi connectivity index (χ0v) is 23.9. The number of nitrogens with one attached hydrogen (secondary N) is 1. The predicted molar refractivity (Wildman–Crippen MR) is 154 cm³/mol. The van der Waals surface area contributed by atoms with Crippen LogP contribution in [-0.2, 0) is 16.1 Å². The second kappa shape index (κ2) is 12.7. The van der Waals surface area contributed by atoms with Crippen molar-refractivity contribution in [2.45, 2.75) is 13.5 Å². The van der Waals surface area contributed by atoms with Crippen LogP contribution < -0.4 is 14.8 Å². The van der Waals surface area contributed by atoms with Crippen LogP contribution in [0.4, 0.5) is 10.5 Å². The van der Waals surface area contributed by atoms with Crippen molar-refractivity contribution in [1.82, 2.24) is 4.90 Å². The van der Waals surface area contributed by atoms with E-state index in [4.69, 9.17) is 32.7 Å². The molecule has 0 aromatic heterocycles. The molecule has 3 aromatic rings. The fourth-order valence-corrected chi connectivity index (χ4v) is 5.37. The van der Waals surface area contributed by atoms with Gasteiger partial charge in [-0.05, 0) is 88.2 Å². The number of carbonyl (C=O) groups is 3. The molecular formula is C27H21BrCl2N2O5S. The number of carbonyl (C=O) groups excluding carboxylic acids is 3. The van der Waals surface area contributed by atoms with Crippen molar-refractivity contribution in [3.8, 4) is 11.5 Å². The van der Waals surface area contributed by atoms with E-state index in [1.807, 2.05) is 6.92 Å². The van der Waals surface area contributed by atoms with Gasteiger partial charge in [-0.3, -0.25) is 19.3 Å². The summed E-state index contributed by atoms with van der Waals surface area (Å²) in [4.78, 5) is 39.4. The molecule has 0 radical (unpaired) electrons. The normalized spacial score (nSPS) is 14.2. The predicted octanol–water partition coefficient (Wildman–Crippen LogP) is 7.41. The summed E-state index contributed by atoms with van der Waals surface area (Å²) in [6.07, 6.45) is 1.62. The Labute approximate surface area is 242 Å². The number of thioether (sulfide) groups is 1. The summed E-state index contributed by atoms with van der Waals surface area (Å²) >= 11 is 16.5. The van der Waals surface area contributed by atoms with E-state index in [0.717, 1.165) is 17.3 Å². The molecule has 1 N–H and O–H groups in total. The molecule has 11 heteroatoms. The smallest absolute Gasteiger partial charge is 0.293 e. The van der Waals surface area contributed by atoms with E-state index in [-0.39, 0.29) is 23.3 Å². The Bertz CT molecular complexity index is 1430. The van der Waals surface area contributed by atoms with Crippen molar-refractivity contribution in [3.05, 3.63) is 91.2 Å². The molecule has 3 aromatic carbocycles. The first-order valence-electron chi connectivity index (χ1n) is 11.4. The Hall–Kier alpha value is -2.98. The quantitative estimate of drug-likeness (QED) is 0.247. The Morgan fingerprint density at radius 1 is 1.08 bits per heavy atom. The highest BCUT2D eigenvalue weighted by Crippen LogP contribution is 2.39. The maximum atomic E-state index is 13.0. The maximum Gasteiger partial charge on any atom is 0.293 e. The Morgan fingerprint density at radius 3 is 2.61 bits per heavy atom. The number of ether oxygens (including phenoxy) is 2. The van der Waals surface area contributed by atoms with Crippen molar-refractivity contribution >= 4 is 79.7 Å². The molecule has 1 aliphatic heterocycles. The molecule has 1 aliphatic rings. The summed E-state index contributed by atoms with van der Waals surface area (Å²) in [5, 5.41) is 3.28. The summed E-state index contributed by atoms with van der Waals surface area (Å²) in [5.74, 6) is -0.0975. The van der Waals surface area contributed by atoms with Gasteiger partial charge in [0.2, 0.25) is 0 Å². The fraction of sp³-hybridized carbons (Fsp3) is 0.148. The van der Waals surface area contributed by atoms with Gasteiger partial charge < -0.3 is 14.8 Å². The third-order valence-electron chi connectivity index (χ3n) is 5.23. The summed E-state index contributed by atoms with van der Waals surface area (Å²) in [7, 11) is 0. The molecule has 0 saturated carbocycles. The summed E-state index contributed by atoms with van der Waals surface area (Å²) < 4.78 is 12.0. The second-order valence-corrected chi connectivity index (χ2v) is 10.7. The topological polar surface area (TPSA) is 84.9 Å².